The van der Waals surface area contributed by atoms with Crippen molar-refractivity contribution in [2.24, 2.45) is 0 Å². The molecule has 8 nitrogen and oxygen atoms in total. The van der Waals surface area contributed by atoms with Crippen LogP contribution < -0.4 is 5.32 Å². The summed E-state index contributed by atoms with van der Waals surface area (Å²) in [6.45, 7) is 1.88. The van der Waals surface area contributed by atoms with Crippen LogP contribution in [0.1, 0.15) is 5.56 Å². The molecule has 0 aliphatic heterocycles. The van der Waals surface area contributed by atoms with Crippen molar-refractivity contribution in [1.82, 2.24) is 9.55 Å². The highest BCUT2D eigenvalue weighted by atomic mass is 79.9. The van der Waals surface area contributed by atoms with Crippen LogP contribution in [0.2, 0.25) is 0 Å². The maximum Gasteiger partial charge on any atom is 0.414 e. The number of nitrogens with zero attached hydrogens (tertiary/aromatic N) is 2. The summed E-state index contributed by atoms with van der Waals surface area (Å²) < 4.78 is 21.5. The molecule has 0 saturated heterocycles. The van der Waals surface area contributed by atoms with E-state index in [2.05, 4.69) is 42.9 Å². The second-order valence-corrected chi connectivity index (χ2v) is 7.13. The van der Waals surface area contributed by atoms with Gasteiger partial charge in [0.2, 0.25) is 5.95 Å². The van der Waals surface area contributed by atoms with E-state index in [1.807, 2.05) is 12.1 Å². The number of nitrogens with one attached hydrogen (secondary N) is 1. The van der Waals surface area contributed by atoms with Gasteiger partial charge in [-0.25, -0.2) is 19.0 Å². The van der Waals surface area contributed by atoms with E-state index >= 15 is 0 Å². The Labute approximate surface area is 186 Å². The van der Waals surface area contributed by atoms with E-state index in [1.54, 1.807) is 25.4 Å². The molecule has 3 aromatic rings. The molecule has 0 aliphatic rings. The number of ether oxygens (including phenoxy) is 1. The molecule has 0 fully saturated rings. The van der Waals surface area contributed by atoms with Gasteiger partial charge in [0.15, 0.2) is 0 Å². The van der Waals surface area contributed by atoms with Crippen molar-refractivity contribution < 1.29 is 28.9 Å². The third-order valence-electron chi connectivity index (χ3n) is 4.04. The maximum absolute atomic E-state index is 13.2. The molecular formula is C21H21BrFN3O5. The topological polar surface area (TPSA) is 114 Å². The van der Waals surface area contributed by atoms with Crippen molar-refractivity contribution in [3.8, 4) is 11.3 Å². The van der Waals surface area contributed by atoms with Gasteiger partial charge in [-0.05, 0) is 42.0 Å². The van der Waals surface area contributed by atoms with Crippen LogP contribution in [0.25, 0.3) is 11.3 Å². The Morgan fingerprint density at radius 1 is 1.16 bits per heavy atom. The Morgan fingerprint density at radius 3 is 2.42 bits per heavy atom. The number of hydrogen-bond donors (Lipinski definition) is 3. The molecule has 10 heteroatoms. The van der Waals surface area contributed by atoms with Crippen molar-refractivity contribution in [1.29, 1.82) is 0 Å². The zero-order chi connectivity index (χ0) is 22.8. The Balaban J connectivity index is 0.000000501. The Morgan fingerprint density at radius 2 is 1.84 bits per heavy atom. The lowest BCUT2D eigenvalue weighted by Crippen LogP contribution is -2.11. The number of aromatic nitrogens is 2. The maximum atomic E-state index is 13.2. The molecule has 164 valence electrons. The van der Waals surface area contributed by atoms with Crippen LogP contribution in [-0.4, -0.2) is 45.4 Å². The molecule has 0 amide bonds. The molecule has 0 atom stereocenters. The average Bonchev–Trinajstić information content (AvgIpc) is 3.14. The molecule has 0 spiro atoms. The van der Waals surface area contributed by atoms with E-state index in [1.165, 1.54) is 12.1 Å². The number of aliphatic carboxylic acids is 2. The number of anilines is 1. The third kappa shape index (κ3) is 7.50. The number of imidazole rings is 1. The van der Waals surface area contributed by atoms with E-state index in [4.69, 9.17) is 24.5 Å². The summed E-state index contributed by atoms with van der Waals surface area (Å²) in [6, 6.07) is 14.5. The predicted molar refractivity (Wildman–Crippen MR) is 116 cm³/mol. The highest BCUT2D eigenvalue weighted by Gasteiger charge is 2.12. The minimum atomic E-state index is -1.82. The minimum absolute atomic E-state index is 0.250. The van der Waals surface area contributed by atoms with Crippen molar-refractivity contribution in [2.45, 2.75) is 13.1 Å². The normalized spacial score (nSPS) is 10.2. The summed E-state index contributed by atoms with van der Waals surface area (Å²) in [7, 11) is 1.67. The van der Waals surface area contributed by atoms with Crippen molar-refractivity contribution >= 4 is 33.8 Å². The first kappa shape index (κ1) is 24.0. The Bertz CT molecular complexity index is 1010. The molecule has 0 aliphatic carbocycles. The molecule has 0 bridgehead atoms. The molecule has 0 unspecified atom stereocenters. The molecular weight excluding hydrogens is 473 g/mol. The van der Waals surface area contributed by atoms with Gasteiger partial charge in [-0.1, -0.05) is 28.1 Å². The zero-order valence-corrected chi connectivity index (χ0v) is 18.2. The van der Waals surface area contributed by atoms with Crippen LogP contribution >= 0.6 is 15.9 Å². The van der Waals surface area contributed by atoms with Crippen molar-refractivity contribution in [2.75, 3.05) is 19.0 Å². The smallest absolute Gasteiger partial charge is 0.414 e. The summed E-state index contributed by atoms with van der Waals surface area (Å²) in [6.07, 6.45) is 1.80. The number of halogens is 2. The Hall–Kier alpha value is -3.24. The zero-order valence-electron chi connectivity index (χ0n) is 16.6. The standard InChI is InChI=1S/C19H19BrFN3O.C2H2O4/c1-25-10-9-24-18(15-5-7-17(21)8-6-15)13-23-19(24)22-12-14-3-2-4-16(20)11-14;3-1(4)2(5)6/h2-8,11,13H,9-10,12H2,1H3,(H,22,23);(H,3,4)(H,5,6). The van der Waals surface area contributed by atoms with E-state index in [0.717, 1.165) is 27.2 Å². The quantitative estimate of drug-likeness (QED) is 0.428. The van der Waals surface area contributed by atoms with Gasteiger partial charge in [0.1, 0.15) is 5.82 Å². The number of rotatable bonds is 7. The SMILES string of the molecule is COCCn1c(-c2ccc(F)cc2)cnc1NCc1cccc(Br)c1.O=C(O)C(=O)O. The van der Waals surface area contributed by atoms with Gasteiger partial charge in [-0.15, -0.1) is 0 Å². The van der Waals surface area contributed by atoms with Gasteiger partial charge >= 0.3 is 11.9 Å². The van der Waals surface area contributed by atoms with Crippen LogP contribution in [-0.2, 0) is 27.4 Å². The summed E-state index contributed by atoms with van der Waals surface area (Å²) in [5.41, 5.74) is 2.99. The molecule has 1 heterocycles. The van der Waals surface area contributed by atoms with Crippen LogP contribution in [0, 0.1) is 5.82 Å². The second-order valence-electron chi connectivity index (χ2n) is 6.21. The summed E-state index contributed by atoms with van der Waals surface area (Å²) in [4.78, 5) is 22.7. The van der Waals surface area contributed by atoms with Gasteiger partial charge in [0, 0.05) is 30.2 Å². The molecule has 0 radical (unpaired) electrons. The summed E-state index contributed by atoms with van der Waals surface area (Å²) in [5.74, 6) is -3.14. The average molecular weight is 494 g/mol. The van der Waals surface area contributed by atoms with Crippen LogP contribution in [0.15, 0.2) is 59.2 Å². The minimum Gasteiger partial charge on any atom is -0.473 e. The first-order valence-corrected chi connectivity index (χ1v) is 9.86. The lowest BCUT2D eigenvalue weighted by atomic mass is 10.1. The number of carbonyl (C=O) groups is 2. The van der Waals surface area contributed by atoms with E-state index in [0.29, 0.717) is 19.7 Å². The van der Waals surface area contributed by atoms with Gasteiger partial charge < -0.3 is 24.8 Å². The number of methoxy groups -OCH3 is 1. The predicted octanol–water partition coefficient (Wildman–Crippen LogP) is 3.87. The van der Waals surface area contributed by atoms with Gasteiger partial charge in [0.25, 0.3) is 0 Å². The highest BCUT2D eigenvalue weighted by Crippen LogP contribution is 2.24. The van der Waals surface area contributed by atoms with Gasteiger partial charge in [-0.2, -0.15) is 0 Å². The van der Waals surface area contributed by atoms with Crippen LogP contribution in [0.3, 0.4) is 0 Å². The summed E-state index contributed by atoms with van der Waals surface area (Å²) >= 11 is 3.48. The van der Waals surface area contributed by atoms with Crippen LogP contribution in [0.5, 0.6) is 0 Å². The number of carboxylic acid groups (broad SMARTS) is 2. The first-order valence-electron chi connectivity index (χ1n) is 9.06. The number of hydrogen-bond acceptors (Lipinski definition) is 5. The molecule has 3 rings (SSSR count). The fourth-order valence-corrected chi connectivity index (χ4v) is 3.05. The molecule has 0 saturated carbocycles. The largest absolute Gasteiger partial charge is 0.473 e. The van der Waals surface area contributed by atoms with E-state index < -0.39 is 11.9 Å². The van der Waals surface area contributed by atoms with Crippen LogP contribution in [0.4, 0.5) is 10.3 Å². The monoisotopic (exact) mass is 493 g/mol. The van der Waals surface area contributed by atoms with E-state index in [9.17, 15) is 4.39 Å². The molecule has 1 aromatic heterocycles. The van der Waals surface area contributed by atoms with Crippen molar-refractivity contribution in [3.63, 3.8) is 0 Å². The Kier molecular flexibility index (Phi) is 9.16. The lowest BCUT2D eigenvalue weighted by Gasteiger charge is -2.13. The number of carboxylic acids is 2. The first-order chi connectivity index (χ1) is 14.8. The van der Waals surface area contributed by atoms with Gasteiger partial charge in [0.05, 0.1) is 18.5 Å². The lowest BCUT2D eigenvalue weighted by molar-refractivity contribution is -0.159. The highest BCUT2D eigenvalue weighted by molar-refractivity contribution is 9.10. The molecule has 3 N–H and O–H groups in total. The molecule has 31 heavy (non-hydrogen) atoms. The molecule has 2 aromatic carbocycles. The van der Waals surface area contributed by atoms with Gasteiger partial charge in [-0.3, -0.25) is 0 Å². The third-order valence-corrected chi connectivity index (χ3v) is 4.53. The fraction of sp³-hybridized carbons (Fsp3) is 0.190. The van der Waals surface area contributed by atoms with Crippen molar-refractivity contribution in [3.05, 3.63) is 70.6 Å². The fourth-order valence-electron chi connectivity index (χ4n) is 2.60. The number of benzene rings is 2. The summed E-state index contributed by atoms with van der Waals surface area (Å²) in [5, 5.41) is 18.2. The second kappa shape index (κ2) is 11.8. The van der Waals surface area contributed by atoms with E-state index in [-0.39, 0.29) is 5.82 Å².